The molecule has 0 bridgehead atoms. The molecule has 3 heteroatoms. The number of hydrogen-bond acceptors (Lipinski definition) is 2. The van der Waals surface area contributed by atoms with Gasteiger partial charge in [0.05, 0.1) is 6.10 Å². The highest BCUT2D eigenvalue weighted by Gasteiger charge is 2.50. The van der Waals surface area contributed by atoms with Crippen LogP contribution in [0.25, 0.3) is 0 Å². The molecule has 2 aliphatic rings. The average molecular weight is 241 g/mol. The molecule has 0 saturated heterocycles. The summed E-state index contributed by atoms with van der Waals surface area (Å²) in [4.78, 5) is 3.64. The SMILES string of the molecule is CN[Si](C)(C)C1CC(OC)C2CCCCC21. The number of fused-ring (bicyclic) bond motifs is 1. The third kappa shape index (κ3) is 2.09. The van der Waals surface area contributed by atoms with Crippen LogP contribution in [0, 0.1) is 11.8 Å². The maximum absolute atomic E-state index is 5.74. The summed E-state index contributed by atoms with van der Waals surface area (Å²) >= 11 is 0. The molecule has 2 aliphatic carbocycles. The number of ether oxygens (including phenoxy) is 1. The molecule has 2 rings (SSSR count). The van der Waals surface area contributed by atoms with Crippen LogP contribution in [0.4, 0.5) is 0 Å². The monoisotopic (exact) mass is 241 g/mol. The number of nitrogens with one attached hydrogen (secondary N) is 1. The van der Waals surface area contributed by atoms with Crippen molar-refractivity contribution in [3.63, 3.8) is 0 Å². The second kappa shape index (κ2) is 4.79. The molecular formula is C13H27NOSi. The Labute approximate surface area is 101 Å². The van der Waals surface area contributed by atoms with E-state index in [0.717, 1.165) is 17.4 Å². The summed E-state index contributed by atoms with van der Waals surface area (Å²) in [6.45, 7) is 4.97. The fraction of sp³-hybridized carbons (Fsp3) is 1.00. The molecule has 16 heavy (non-hydrogen) atoms. The maximum atomic E-state index is 5.74. The van der Waals surface area contributed by atoms with E-state index < -0.39 is 8.24 Å². The summed E-state index contributed by atoms with van der Waals surface area (Å²) in [6.07, 6.45) is 7.60. The van der Waals surface area contributed by atoms with E-state index in [0.29, 0.717) is 6.10 Å². The van der Waals surface area contributed by atoms with Crippen LogP contribution in [0.2, 0.25) is 18.6 Å². The summed E-state index contributed by atoms with van der Waals surface area (Å²) in [5, 5.41) is 0. The Balaban J connectivity index is 2.15. The van der Waals surface area contributed by atoms with Crippen molar-refractivity contribution in [3.8, 4) is 0 Å². The predicted molar refractivity (Wildman–Crippen MR) is 71.2 cm³/mol. The van der Waals surface area contributed by atoms with Crippen LogP contribution in [-0.4, -0.2) is 28.5 Å². The summed E-state index contributed by atoms with van der Waals surface area (Å²) in [7, 11) is 2.83. The first kappa shape index (κ1) is 12.6. The molecule has 1 N–H and O–H groups in total. The molecular weight excluding hydrogens is 214 g/mol. The smallest absolute Gasteiger partial charge is 0.122 e. The van der Waals surface area contributed by atoms with Crippen molar-refractivity contribution in [2.24, 2.45) is 11.8 Å². The van der Waals surface area contributed by atoms with Gasteiger partial charge in [-0.25, -0.2) is 0 Å². The largest absolute Gasteiger partial charge is 0.381 e. The van der Waals surface area contributed by atoms with Gasteiger partial charge in [0.2, 0.25) is 0 Å². The van der Waals surface area contributed by atoms with Crippen LogP contribution in [-0.2, 0) is 4.74 Å². The molecule has 0 heterocycles. The normalized spacial score (nSPS) is 39.8. The Morgan fingerprint density at radius 2 is 1.75 bits per heavy atom. The molecule has 0 spiro atoms. The van der Waals surface area contributed by atoms with Crippen LogP contribution in [0.15, 0.2) is 0 Å². The summed E-state index contributed by atoms with van der Waals surface area (Å²) < 4.78 is 5.74. The van der Waals surface area contributed by atoms with Gasteiger partial charge in [-0.15, -0.1) is 0 Å². The zero-order valence-corrected chi connectivity index (χ0v) is 12.3. The topological polar surface area (TPSA) is 21.3 Å². The molecule has 0 aromatic carbocycles. The molecule has 4 unspecified atom stereocenters. The van der Waals surface area contributed by atoms with Gasteiger partial charge < -0.3 is 9.72 Å². The summed E-state index contributed by atoms with van der Waals surface area (Å²) in [5.41, 5.74) is 0.924. The Morgan fingerprint density at radius 3 is 2.31 bits per heavy atom. The highest BCUT2D eigenvalue weighted by atomic mass is 28.3. The van der Waals surface area contributed by atoms with E-state index in [-0.39, 0.29) is 0 Å². The highest BCUT2D eigenvalue weighted by Crippen LogP contribution is 2.53. The first-order valence-electron chi connectivity index (χ1n) is 6.82. The minimum atomic E-state index is -1.24. The minimum absolute atomic E-state index is 0.551. The first-order chi connectivity index (χ1) is 7.60. The fourth-order valence-electron chi connectivity index (χ4n) is 4.04. The minimum Gasteiger partial charge on any atom is -0.381 e. The zero-order chi connectivity index (χ0) is 11.8. The fourth-order valence-corrected chi connectivity index (χ4v) is 6.71. The van der Waals surface area contributed by atoms with Crippen LogP contribution < -0.4 is 4.98 Å². The molecule has 2 saturated carbocycles. The molecule has 0 amide bonds. The lowest BCUT2D eigenvalue weighted by molar-refractivity contribution is 0.0479. The standard InChI is InChI=1S/C13H27NOSi/c1-14-16(3,4)13-9-12(15-2)10-7-5-6-8-11(10)13/h10-14H,5-9H2,1-4H3. The lowest BCUT2D eigenvalue weighted by Gasteiger charge is -2.37. The van der Waals surface area contributed by atoms with Crippen LogP contribution in [0.1, 0.15) is 32.1 Å². The molecule has 2 fully saturated rings. The Kier molecular flexibility index (Phi) is 3.77. The van der Waals surface area contributed by atoms with E-state index in [1.165, 1.54) is 32.1 Å². The van der Waals surface area contributed by atoms with Crippen molar-refractivity contribution in [1.29, 1.82) is 0 Å². The van der Waals surface area contributed by atoms with Crippen molar-refractivity contribution in [3.05, 3.63) is 0 Å². The Morgan fingerprint density at radius 1 is 1.12 bits per heavy atom. The average Bonchev–Trinajstić information content (AvgIpc) is 2.68. The van der Waals surface area contributed by atoms with Crippen LogP contribution >= 0.6 is 0 Å². The van der Waals surface area contributed by atoms with Crippen molar-refractivity contribution in [2.75, 3.05) is 14.2 Å². The second-order valence-corrected chi connectivity index (χ2v) is 10.9. The number of rotatable bonds is 3. The highest BCUT2D eigenvalue weighted by molar-refractivity contribution is 6.76. The molecule has 0 aliphatic heterocycles. The van der Waals surface area contributed by atoms with Gasteiger partial charge in [-0.1, -0.05) is 32.4 Å². The van der Waals surface area contributed by atoms with E-state index in [9.17, 15) is 0 Å². The van der Waals surface area contributed by atoms with Gasteiger partial charge in [0.25, 0.3) is 0 Å². The van der Waals surface area contributed by atoms with Gasteiger partial charge in [-0.3, -0.25) is 0 Å². The predicted octanol–water partition coefficient (Wildman–Crippen LogP) is 3.01. The first-order valence-corrected chi connectivity index (χ1v) is 9.89. The molecule has 0 aromatic heterocycles. The van der Waals surface area contributed by atoms with E-state index in [2.05, 4.69) is 25.1 Å². The van der Waals surface area contributed by atoms with Gasteiger partial charge in [0.1, 0.15) is 8.24 Å². The van der Waals surface area contributed by atoms with E-state index in [1.54, 1.807) is 0 Å². The van der Waals surface area contributed by atoms with Crippen molar-refractivity contribution >= 4 is 8.24 Å². The van der Waals surface area contributed by atoms with Crippen molar-refractivity contribution < 1.29 is 4.74 Å². The van der Waals surface area contributed by atoms with E-state index in [1.807, 2.05) is 7.11 Å². The second-order valence-electron chi connectivity index (χ2n) is 6.20. The van der Waals surface area contributed by atoms with Gasteiger partial charge >= 0.3 is 0 Å². The van der Waals surface area contributed by atoms with Gasteiger partial charge in [0.15, 0.2) is 0 Å². The number of methoxy groups -OCH3 is 1. The molecule has 2 nitrogen and oxygen atoms in total. The van der Waals surface area contributed by atoms with Crippen molar-refractivity contribution in [2.45, 2.75) is 56.8 Å². The van der Waals surface area contributed by atoms with Gasteiger partial charge in [-0.2, -0.15) is 0 Å². The molecule has 0 radical (unpaired) electrons. The van der Waals surface area contributed by atoms with Gasteiger partial charge in [0, 0.05) is 7.11 Å². The lowest BCUT2D eigenvalue weighted by atomic mass is 9.81. The summed E-state index contributed by atoms with van der Waals surface area (Å²) in [5.74, 6) is 1.82. The molecule has 94 valence electrons. The molecule has 4 atom stereocenters. The quantitative estimate of drug-likeness (QED) is 0.767. The van der Waals surface area contributed by atoms with E-state index >= 15 is 0 Å². The van der Waals surface area contributed by atoms with E-state index in [4.69, 9.17) is 4.74 Å². The lowest BCUT2D eigenvalue weighted by Crippen LogP contribution is -2.48. The summed E-state index contributed by atoms with van der Waals surface area (Å²) in [6, 6.07) is 0. The maximum Gasteiger partial charge on any atom is 0.122 e. The number of hydrogen-bond donors (Lipinski definition) is 1. The van der Waals surface area contributed by atoms with Crippen LogP contribution in [0.3, 0.4) is 0 Å². The van der Waals surface area contributed by atoms with Gasteiger partial charge in [-0.05, 0) is 37.3 Å². The van der Waals surface area contributed by atoms with Crippen LogP contribution in [0.5, 0.6) is 0 Å². The third-order valence-electron chi connectivity index (χ3n) is 5.23. The Bertz CT molecular complexity index is 244. The molecule has 0 aromatic rings. The third-order valence-corrected chi connectivity index (χ3v) is 9.04. The Hall–Kier alpha value is 0.137. The van der Waals surface area contributed by atoms with Crippen molar-refractivity contribution in [1.82, 2.24) is 4.98 Å². The zero-order valence-electron chi connectivity index (χ0n) is 11.3.